The Kier molecular flexibility index (Phi) is 3.73. The van der Waals surface area contributed by atoms with Gasteiger partial charge in [0.05, 0.1) is 0 Å². The van der Waals surface area contributed by atoms with Gasteiger partial charge in [-0.05, 0) is 28.5 Å². The summed E-state index contributed by atoms with van der Waals surface area (Å²) in [5, 5.41) is 10.8. The minimum atomic E-state index is 0.421. The Morgan fingerprint density at radius 2 is 2.19 bits per heavy atom. The lowest BCUT2D eigenvalue weighted by molar-refractivity contribution is 0.817. The van der Waals surface area contributed by atoms with E-state index in [0.717, 1.165) is 16.7 Å². The molecule has 0 amide bonds. The number of nitrogens with one attached hydrogen (secondary N) is 1. The lowest BCUT2D eigenvalue weighted by Crippen LogP contribution is -2.28. The van der Waals surface area contributed by atoms with E-state index in [-0.39, 0.29) is 0 Å². The molecule has 0 saturated heterocycles. The van der Waals surface area contributed by atoms with Gasteiger partial charge in [-0.3, -0.25) is 5.41 Å². The first-order valence-electron chi connectivity index (χ1n) is 7.13. The molecule has 1 unspecified atom stereocenters. The second kappa shape index (κ2) is 5.54. The Labute approximate surface area is 133 Å². The lowest BCUT2D eigenvalue weighted by Gasteiger charge is -2.20. The number of halogens is 1. The average molecular weight is 341 g/mol. The molecule has 1 N–H and O–H groups in total. The molecule has 0 saturated carbocycles. The SMILES string of the molecule is C#CCCC(=N)N1CC(C)c2c1ccc1c(Br)cccc21. The van der Waals surface area contributed by atoms with Crippen molar-refractivity contribution in [2.24, 2.45) is 0 Å². The maximum absolute atomic E-state index is 8.28. The standard InChI is InChI=1S/C18H17BrN2/c1-3-4-8-17(20)21-11-12(2)18-14-6-5-7-15(19)13(14)9-10-16(18)21/h1,5-7,9-10,12,20H,4,8,11H2,2H3. The van der Waals surface area contributed by atoms with Gasteiger partial charge in [-0.1, -0.05) is 41.1 Å². The zero-order valence-electron chi connectivity index (χ0n) is 12.0. The van der Waals surface area contributed by atoms with Crippen LogP contribution in [0.5, 0.6) is 0 Å². The van der Waals surface area contributed by atoms with E-state index in [1.165, 1.54) is 16.3 Å². The molecule has 0 bridgehead atoms. The topological polar surface area (TPSA) is 27.1 Å². The van der Waals surface area contributed by atoms with E-state index in [0.29, 0.717) is 24.6 Å². The molecular weight excluding hydrogens is 324 g/mol. The van der Waals surface area contributed by atoms with Crippen LogP contribution in [0, 0.1) is 17.8 Å². The molecule has 2 aromatic carbocycles. The van der Waals surface area contributed by atoms with Gasteiger partial charge in [0.25, 0.3) is 0 Å². The first-order valence-corrected chi connectivity index (χ1v) is 7.92. The molecule has 3 rings (SSSR count). The summed E-state index contributed by atoms with van der Waals surface area (Å²) in [4.78, 5) is 2.11. The Bertz CT molecular complexity index is 758. The molecular formula is C18H17BrN2. The third-order valence-electron chi connectivity index (χ3n) is 4.10. The van der Waals surface area contributed by atoms with Crippen LogP contribution in [0.1, 0.15) is 31.2 Å². The highest BCUT2D eigenvalue weighted by Crippen LogP contribution is 2.42. The van der Waals surface area contributed by atoms with Crippen LogP contribution in [0.4, 0.5) is 5.69 Å². The predicted octanol–water partition coefficient (Wildman–Crippen LogP) is 4.92. The van der Waals surface area contributed by atoms with Crippen molar-refractivity contribution in [1.82, 2.24) is 0 Å². The van der Waals surface area contributed by atoms with Crippen LogP contribution in [-0.4, -0.2) is 12.4 Å². The first-order chi connectivity index (χ1) is 10.1. The molecule has 0 radical (unpaired) electrons. The minimum Gasteiger partial charge on any atom is -0.329 e. The molecule has 3 heteroatoms. The number of terminal acetylenes is 1. The fraction of sp³-hybridized carbons (Fsp3) is 0.278. The predicted molar refractivity (Wildman–Crippen MR) is 93.2 cm³/mol. The van der Waals surface area contributed by atoms with Crippen LogP contribution in [-0.2, 0) is 0 Å². The van der Waals surface area contributed by atoms with Gasteiger partial charge < -0.3 is 4.90 Å². The quantitative estimate of drug-likeness (QED) is 0.469. The number of fused-ring (bicyclic) bond motifs is 3. The highest BCUT2D eigenvalue weighted by Gasteiger charge is 2.29. The summed E-state index contributed by atoms with van der Waals surface area (Å²) in [5.74, 6) is 3.66. The highest BCUT2D eigenvalue weighted by molar-refractivity contribution is 9.10. The van der Waals surface area contributed by atoms with Crippen LogP contribution in [0.2, 0.25) is 0 Å². The number of benzene rings is 2. The van der Waals surface area contributed by atoms with E-state index in [1.54, 1.807) is 0 Å². The van der Waals surface area contributed by atoms with Crippen LogP contribution >= 0.6 is 15.9 Å². The summed E-state index contributed by atoms with van der Waals surface area (Å²) in [6.45, 7) is 3.10. The maximum Gasteiger partial charge on any atom is 0.101 e. The van der Waals surface area contributed by atoms with Gasteiger partial charge in [0.15, 0.2) is 0 Å². The van der Waals surface area contributed by atoms with E-state index < -0.39 is 0 Å². The van der Waals surface area contributed by atoms with Crippen LogP contribution in [0.15, 0.2) is 34.8 Å². The zero-order valence-corrected chi connectivity index (χ0v) is 13.6. The number of hydrogen-bond acceptors (Lipinski definition) is 1. The molecule has 0 fully saturated rings. The van der Waals surface area contributed by atoms with Gasteiger partial charge in [0, 0.05) is 35.5 Å². The van der Waals surface area contributed by atoms with Crippen LogP contribution in [0.25, 0.3) is 10.8 Å². The van der Waals surface area contributed by atoms with Gasteiger partial charge in [-0.2, -0.15) is 0 Å². The lowest BCUT2D eigenvalue weighted by atomic mass is 9.96. The third kappa shape index (κ3) is 2.34. The Hall–Kier alpha value is -1.79. The number of amidine groups is 1. The Morgan fingerprint density at radius 3 is 2.95 bits per heavy atom. The average Bonchev–Trinajstić information content (AvgIpc) is 2.83. The third-order valence-corrected chi connectivity index (χ3v) is 4.79. The van der Waals surface area contributed by atoms with E-state index >= 15 is 0 Å². The summed E-state index contributed by atoms with van der Waals surface area (Å²) in [6, 6.07) is 10.6. The van der Waals surface area contributed by atoms with Crippen molar-refractivity contribution in [3.05, 3.63) is 40.4 Å². The van der Waals surface area contributed by atoms with E-state index in [1.807, 2.05) is 0 Å². The van der Waals surface area contributed by atoms with Gasteiger partial charge in [-0.15, -0.1) is 12.3 Å². The van der Waals surface area contributed by atoms with Crippen molar-refractivity contribution < 1.29 is 0 Å². The molecule has 21 heavy (non-hydrogen) atoms. The molecule has 1 heterocycles. The van der Waals surface area contributed by atoms with Crippen molar-refractivity contribution >= 4 is 38.2 Å². The van der Waals surface area contributed by atoms with Crippen LogP contribution in [0.3, 0.4) is 0 Å². The number of anilines is 1. The second-order valence-corrected chi connectivity index (χ2v) is 6.35. The molecule has 2 aromatic rings. The minimum absolute atomic E-state index is 0.421. The molecule has 0 spiro atoms. The van der Waals surface area contributed by atoms with Crippen molar-refractivity contribution in [1.29, 1.82) is 5.41 Å². The van der Waals surface area contributed by atoms with Crippen molar-refractivity contribution in [2.75, 3.05) is 11.4 Å². The van der Waals surface area contributed by atoms with Crippen molar-refractivity contribution in [3.8, 4) is 12.3 Å². The number of rotatable bonds is 2. The van der Waals surface area contributed by atoms with Gasteiger partial charge in [-0.25, -0.2) is 0 Å². The summed E-state index contributed by atoms with van der Waals surface area (Å²) in [5.41, 5.74) is 2.51. The first kappa shape index (κ1) is 14.2. The monoisotopic (exact) mass is 340 g/mol. The van der Waals surface area contributed by atoms with Gasteiger partial charge >= 0.3 is 0 Å². The van der Waals surface area contributed by atoms with Crippen LogP contribution < -0.4 is 4.90 Å². The van der Waals surface area contributed by atoms with Gasteiger partial charge in [0.2, 0.25) is 0 Å². The zero-order chi connectivity index (χ0) is 15.0. The molecule has 0 aromatic heterocycles. The second-order valence-electron chi connectivity index (χ2n) is 5.50. The van der Waals surface area contributed by atoms with E-state index in [9.17, 15) is 0 Å². The van der Waals surface area contributed by atoms with Crippen molar-refractivity contribution in [2.45, 2.75) is 25.7 Å². The molecule has 2 nitrogen and oxygen atoms in total. The molecule has 0 aliphatic carbocycles. The fourth-order valence-electron chi connectivity index (χ4n) is 3.13. The summed E-state index contributed by atoms with van der Waals surface area (Å²) in [6.07, 6.45) is 6.58. The summed E-state index contributed by atoms with van der Waals surface area (Å²) >= 11 is 3.63. The largest absolute Gasteiger partial charge is 0.329 e. The fourth-order valence-corrected chi connectivity index (χ4v) is 3.63. The smallest absolute Gasteiger partial charge is 0.101 e. The van der Waals surface area contributed by atoms with Crippen molar-refractivity contribution in [3.63, 3.8) is 0 Å². The normalized spacial score (nSPS) is 16.8. The number of nitrogens with zero attached hydrogens (tertiary/aromatic N) is 1. The Morgan fingerprint density at radius 1 is 1.38 bits per heavy atom. The van der Waals surface area contributed by atoms with E-state index in [4.69, 9.17) is 11.8 Å². The highest BCUT2D eigenvalue weighted by atomic mass is 79.9. The van der Waals surface area contributed by atoms with Gasteiger partial charge in [0.1, 0.15) is 5.84 Å². The Balaban J connectivity index is 2.09. The number of hydrogen-bond donors (Lipinski definition) is 1. The molecule has 1 aliphatic heterocycles. The van der Waals surface area contributed by atoms with E-state index in [2.05, 4.69) is 64.0 Å². The summed E-state index contributed by atoms with van der Waals surface area (Å²) < 4.78 is 1.12. The maximum atomic E-state index is 8.28. The molecule has 106 valence electrons. The molecule has 1 aliphatic rings. The molecule has 1 atom stereocenters. The summed E-state index contributed by atoms with van der Waals surface area (Å²) in [7, 11) is 0.